The van der Waals surface area contributed by atoms with Gasteiger partial charge in [-0.25, -0.2) is 4.98 Å². The molecule has 2 rings (SSSR count). The molecule has 1 unspecified atom stereocenters. The molecule has 0 aliphatic carbocycles. The second kappa shape index (κ2) is 10.1. The summed E-state index contributed by atoms with van der Waals surface area (Å²) >= 11 is 6.07. The third-order valence-electron chi connectivity index (χ3n) is 4.98. The highest BCUT2D eigenvalue weighted by Gasteiger charge is 2.26. The minimum atomic E-state index is -0.274. The lowest BCUT2D eigenvalue weighted by atomic mass is 10.1. The van der Waals surface area contributed by atoms with Crippen molar-refractivity contribution in [3.8, 4) is 0 Å². The summed E-state index contributed by atoms with van der Waals surface area (Å²) in [4.78, 5) is 32.6. The van der Waals surface area contributed by atoms with E-state index in [4.69, 9.17) is 16.6 Å². The number of unbranched alkanes of at least 4 members (excludes halogenated alkanes) is 2. The van der Waals surface area contributed by atoms with Crippen LogP contribution < -0.4 is 5.56 Å². The third-order valence-corrected chi connectivity index (χ3v) is 5.21. The van der Waals surface area contributed by atoms with E-state index < -0.39 is 0 Å². The van der Waals surface area contributed by atoms with Gasteiger partial charge in [-0.2, -0.15) is 0 Å². The van der Waals surface area contributed by atoms with E-state index in [1.165, 1.54) is 0 Å². The smallest absolute Gasteiger partial charge is 0.261 e. The molecule has 6 heteroatoms. The summed E-state index contributed by atoms with van der Waals surface area (Å²) in [7, 11) is 0. The van der Waals surface area contributed by atoms with Gasteiger partial charge in [0, 0.05) is 24.5 Å². The van der Waals surface area contributed by atoms with Crippen LogP contribution in [-0.2, 0) is 11.3 Å². The first kappa shape index (κ1) is 22.4. The standard InChI is InChI=1S/C22H32ClN3O2/c1-6-8-9-10-20(27)26(14-15(3)4)16(5)21-24-19-12-11-17(23)13-18(19)22(28)25(21)7-2/h11-13,15-16H,6-10,14H2,1-5H3. The average molecular weight is 406 g/mol. The summed E-state index contributed by atoms with van der Waals surface area (Å²) < 4.78 is 1.66. The molecular formula is C22H32ClN3O2. The van der Waals surface area contributed by atoms with Crippen LogP contribution in [0.1, 0.15) is 72.2 Å². The number of halogens is 1. The van der Waals surface area contributed by atoms with Crippen LogP contribution in [-0.4, -0.2) is 26.9 Å². The molecule has 0 aliphatic rings. The summed E-state index contributed by atoms with van der Waals surface area (Å²) in [6.07, 6.45) is 3.55. The molecule has 0 aliphatic heterocycles. The molecule has 1 aromatic carbocycles. The Balaban J connectivity index is 2.49. The minimum Gasteiger partial charge on any atom is -0.333 e. The van der Waals surface area contributed by atoms with Crippen LogP contribution in [0.2, 0.25) is 5.02 Å². The highest BCUT2D eigenvalue weighted by Crippen LogP contribution is 2.24. The van der Waals surface area contributed by atoms with Gasteiger partial charge < -0.3 is 4.90 Å². The van der Waals surface area contributed by atoms with Gasteiger partial charge >= 0.3 is 0 Å². The zero-order valence-electron chi connectivity index (χ0n) is 17.7. The summed E-state index contributed by atoms with van der Waals surface area (Å²) in [5.41, 5.74) is 0.503. The van der Waals surface area contributed by atoms with Crippen molar-refractivity contribution in [2.24, 2.45) is 5.92 Å². The maximum atomic E-state index is 13.0. The van der Waals surface area contributed by atoms with Crippen molar-refractivity contribution in [2.75, 3.05) is 6.54 Å². The molecule has 154 valence electrons. The molecule has 0 radical (unpaired) electrons. The number of amides is 1. The number of hydrogen-bond acceptors (Lipinski definition) is 3. The monoisotopic (exact) mass is 405 g/mol. The van der Waals surface area contributed by atoms with Gasteiger partial charge in [0.25, 0.3) is 5.56 Å². The summed E-state index contributed by atoms with van der Waals surface area (Å²) in [6, 6.07) is 4.90. The zero-order chi connectivity index (χ0) is 20.8. The Labute approximate surface area is 172 Å². The van der Waals surface area contributed by atoms with Crippen molar-refractivity contribution >= 4 is 28.4 Å². The molecule has 0 fully saturated rings. The van der Waals surface area contributed by atoms with Gasteiger partial charge in [-0.1, -0.05) is 45.2 Å². The highest BCUT2D eigenvalue weighted by atomic mass is 35.5. The molecule has 1 atom stereocenters. The lowest BCUT2D eigenvalue weighted by Gasteiger charge is -2.32. The molecule has 0 saturated heterocycles. The van der Waals surface area contributed by atoms with E-state index >= 15 is 0 Å². The highest BCUT2D eigenvalue weighted by molar-refractivity contribution is 6.31. The van der Waals surface area contributed by atoms with Gasteiger partial charge in [0.1, 0.15) is 5.82 Å². The molecule has 0 bridgehead atoms. The largest absolute Gasteiger partial charge is 0.333 e. The molecule has 0 spiro atoms. The molecule has 1 heterocycles. The molecule has 0 N–H and O–H groups in total. The normalized spacial score (nSPS) is 12.5. The van der Waals surface area contributed by atoms with Crippen molar-refractivity contribution in [3.63, 3.8) is 0 Å². The quantitative estimate of drug-likeness (QED) is 0.539. The van der Waals surface area contributed by atoms with Gasteiger partial charge in [0.2, 0.25) is 5.91 Å². The number of aromatic nitrogens is 2. The Hall–Kier alpha value is -1.88. The summed E-state index contributed by atoms with van der Waals surface area (Å²) in [5.74, 6) is 1.09. The summed E-state index contributed by atoms with van der Waals surface area (Å²) in [6.45, 7) is 11.4. The van der Waals surface area contributed by atoms with Crippen molar-refractivity contribution in [2.45, 2.75) is 72.9 Å². The lowest BCUT2D eigenvalue weighted by molar-refractivity contribution is -0.134. The van der Waals surface area contributed by atoms with Crippen LogP contribution in [0, 0.1) is 5.92 Å². The van der Waals surface area contributed by atoms with Crippen LogP contribution in [0.4, 0.5) is 0 Å². The Kier molecular flexibility index (Phi) is 8.05. The van der Waals surface area contributed by atoms with Gasteiger partial charge in [0.15, 0.2) is 0 Å². The molecule has 28 heavy (non-hydrogen) atoms. The second-order valence-corrected chi connectivity index (χ2v) is 8.19. The fourth-order valence-electron chi connectivity index (χ4n) is 3.51. The second-order valence-electron chi connectivity index (χ2n) is 7.75. The van der Waals surface area contributed by atoms with E-state index in [1.807, 2.05) is 18.7 Å². The average Bonchev–Trinajstić information content (AvgIpc) is 2.65. The van der Waals surface area contributed by atoms with E-state index in [-0.39, 0.29) is 17.5 Å². The van der Waals surface area contributed by atoms with Crippen molar-refractivity contribution in [3.05, 3.63) is 39.4 Å². The van der Waals surface area contributed by atoms with Crippen molar-refractivity contribution < 1.29 is 4.79 Å². The van der Waals surface area contributed by atoms with Crippen molar-refractivity contribution in [1.29, 1.82) is 0 Å². The van der Waals surface area contributed by atoms with E-state index in [1.54, 1.807) is 22.8 Å². The maximum absolute atomic E-state index is 13.0. The van der Waals surface area contributed by atoms with Crippen molar-refractivity contribution in [1.82, 2.24) is 14.5 Å². The minimum absolute atomic E-state index is 0.111. The van der Waals surface area contributed by atoms with Crippen LogP contribution in [0.25, 0.3) is 10.9 Å². The first-order valence-electron chi connectivity index (χ1n) is 10.3. The predicted octanol–water partition coefficient (Wildman–Crippen LogP) is 5.20. The van der Waals surface area contributed by atoms with Crippen LogP contribution in [0.15, 0.2) is 23.0 Å². The van der Waals surface area contributed by atoms with E-state index in [0.29, 0.717) is 47.2 Å². The number of carbonyl (C=O) groups excluding carboxylic acids is 1. The number of rotatable bonds is 9. The van der Waals surface area contributed by atoms with Crippen LogP contribution in [0.3, 0.4) is 0 Å². The summed E-state index contributed by atoms with van der Waals surface area (Å²) in [5, 5.41) is 1.03. The molecule has 5 nitrogen and oxygen atoms in total. The Morgan fingerprint density at radius 1 is 1.21 bits per heavy atom. The Morgan fingerprint density at radius 3 is 2.54 bits per heavy atom. The molecule has 0 saturated carbocycles. The number of hydrogen-bond donors (Lipinski definition) is 0. The van der Waals surface area contributed by atoms with Crippen LogP contribution in [0.5, 0.6) is 0 Å². The maximum Gasteiger partial charge on any atom is 0.261 e. The molecule has 2 aromatic rings. The number of benzene rings is 1. The first-order valence-corrected chi connectivity index (χ1v) is 10.7. The third kappa shape index (κ3) is 5.13. The van der Waals surface area contributed by atoms with E-state index in [0.717, 1.165) is 19.3 Å². The topological polar surface area (TPSA) is 55.2 Å². The molecular weight excluding hydrogens is 374 g/mol. The lowest BCUT2D eigenvalue weighted by Crippen LogP contribution is -2.39. The SMILES string of the molecule is CCCCCC(=O)N(CC(C)C)C(C)c1nc2ccc(Cl)cc2c(=O)n1CC. The fourth-order valence-corrected chi connectivity index (χ4v) is 3.69. The van der Waals surface area contributed by atoms with Gasteiger partial charge in [0.05, 0.1) is 16.9 Å². The zero-order valence-corrected chi connectivity index (χ0v) is 18.4. The molecule has 1 amide bonds. The van der Waals surface area contributed by atoms with Gasteiger partial charge in [-0.3, -0.25) is 14.2 Å². The Morgan fingerprint density at radius 2 is 1.93 bits per heavy atom. The van der Waals surface area contributed by atoms with E-state index in [2.05, 4.69) is 20.8 Å². The first-order chi connectivity index (χ1) is 13.3. The fraction of sp³-hybridized carbons (Fsp3) is 0.591. The predicted molar refractivity (Wildman–Crippen MR) is 116 cm³/mol. The Bertz CT molecular complexity index is 876. The molecule has 1 aromatic heterocycles. The van der Waals surface area contributed by atoms with Gasteiger partial charge in [-0.15, -0.1) is 0 Å². The number of carbonyl (C=O) groups is 1. The van der Waals surface area contributed by atoms with Crippen LogP contribution >= 0.6 is 11.6 Å². The van der Waals surface area contributed by atoms with E-state index in [9.17, 15) is 9.59 Å². The van der Waals surface area contributed by atoms with Gasteiger partial charge in [-0.05, 0) is 44.4 Å². The number of fused-ring (bicyclic) bond motifs is 1. The number of nitrogens with zero attached hydrogens (tertiary/aromatic N) is 3.